The molecule has 2 atom stereocenters. The van der Waals surface area contributed by atoms with Gasteiger partial charge in [0.15, 0.2) is 5.78 Å². The van der Waals surface area contributed by atoms with E-state index in [9.17, 15) is 18.0 Å². The standard InChI is InChI=1S/C24H33N3O5S/c1-15-8-10-20(11-9-15)33(30,31)25-13-19-7-6-12-27(14-19)18(4)23(28)22-16(2)21(17(3)26-22)24(29)32-5/h8-11,18-19,25-26H,6-7,12-14H2,1-5H3. The van der Waals surface area contributed by atoms with Crippen molar-refractivity contribution >= 4 is 21.8 Å². The van der Waals surface area contributed by atoms with Gasteiger partial charge in [-0.3, -0.25) is 9.69 Å². The van der Waals surface area contributed by atoms with Crippen LogP contribution >= 0.6 is 0 Å². The van der Waals surface area contributed by atoms with Gasteiger partial charge < -0.3 is 9.72 Å². The van der Waals surface area contributed by atoms with Gasteiger partial charge in [0.2, 0.25) is 10.0 Å². The van der Waals surface area contributed by atoms with E-state index < -0.39 is 22.0 Å². The molecule has 2 heterocycles. The van der Waals surface area contributed by atoms with Gasteiger partial charge in [0.1, 0.15) is 0 Å². The van der Waals surface area contributed by atoms with Gasteiger partial charge in [-0.25, -0.2) is 17.9 Å². The predicted octanol–water partition coefficient (Wildman–Crippen LogP) is 2.99. The van der Waals surface area contributed by atoms with Gasteiger partial charge in [-0.05, 0) is 70.7 Å². The van der Waals surface area contributed by atoms with Crippen LogP contribution in [0, 0.1) is 26.7 Å². The summed E-state index contributed by atoms with van der Waals surface area (Å²) in [5.74, 6) is -0.454. The summed E-state index contributed by atoms with van der Waals surface area (Å²) in [5.41, 5.74) is 3.02. The number of rotatable bonds is 8. The molecule has 8 nitrogen and oxygen atoms in total. The molecule has 2 aromatic rings. The lowest BCUT2D eigenvalue weighted by Crippen LogP contribution is -2.47. The largest absolute Gasteiger partial charge is 0.465 e. The summed E-state index contributed by atoms with van der Waals surface area (Å²) in [6, 6.07) is 6.37. The number of sulfonamides is 1. The maximum absolute atomic E-state index is 13.2. The van der Waals surface area contributed by atoms with E-state index >= 15 is 0 Å². The molecule has 1 aromatic heterocycles. The molecule has 1 saturated heterocycles. The molecule has 0 saturated carbocycles. The summed E-state index contributed by atoms with van der Waals surface area (Å²) in [6.45, 7) is 8.96. The highest BCUT2D eigenvalue weighted by molar-refractivity contribution is 7.89. The van der Waals surface area contributed by atoms with Crippen LogP contribution in [0.15, 0.2) is 29.2 Å². The molecule has 2 unspecified atom stereocenters. The Hall–Kier alpha value is -2.49. The Balaban J connectivity index is 1.66. The van der Waals surface area contributed by atoms with Crippen LogP contribution in [-0.4, -0.2) is 62.8 Å². The molecular weight excluding hydrogens is 442 g/mol. The quantitative estimate of drug-likeness (QED) is 0.449. The van der Waals surface area contributed by atoms with E-state index in [1.54, 1.807) is 38.1 Å². The number of likely N-dealkylation sites (tertiary alicyclic amines) is 1. The molecule has 3 rings (SSSR count). The number of nitrogens with zero attached hydrogens (tertiary/aromatic N) is 1. The smallest absolute Gasteiger partial charge is 0.339 e. The highest BCUT2D eigenvalue weighted by atomic mass is 32.2. The number of esters is 1. The first kappa shape index (κ1) is 25.1. The lowest BCUT2D eigenvalue weighted by Gasteiger charge is -2.36. The minimum Gasteiger partial charge on any atom is -0.465 e. The van der Waals surface area contributed by atoms with Gasteiger partial charge in [-0.1, -0.05) is 17.7 Å². The summed E-state index contributed by atoms with van der Waals surface area (Å²) in [6.07, 6.45) is 1.77. The molecule has 0 aliphatic carbocycles. The Bertz CT molecular complexity index is 1120. The van der Waals surface area contributed by atoms with Crippen LogP contribution in [0.1, 0.15) is 57.4 Å². The number of aryl methyl sites for hydroxylation is 2. The van der Waals surface area contributed by atoms with Gasteiger partial charge in [0.05, 0.1) is 29.3 Å². The molecule has 0 amide bonds. The third-order valence-corrected chi connectivity index (χ3v) is 7.88. The number of aromatic amines is 1. The first-order chi connectivity index (χ1) is 15.5. The number of hydrogen-bond donors (Lipinski definition) is 2. The van der Waals surface area contributed by atoms with Gasteiger partial charge in [0.25, 0.3) is 0 Å². The zero-order valence-electron chi connectivity index (χ0n) is 19.9. The SMILES string of the molecule is COC(=O)c1c(C)[nH]c(C(=O)C(C)N2CCCC(CNS(=O)(=O)c3ccc(C)cc3)C2)c1C. The molecule has 1 aliphatic heterocycles. The minimum atomic E-state index is -3.58. The third-order valence-electron chi connectivity index (χ3n) is 6.44. The van der Waals surface area contributed by atoms with Crippen LogP contribution in [0.3, 0.4) is 0 Å². The number of hydrogen-bond acceptors (Lipinski definition) is 6. The van der Waals surface area contributed by atoms with Crippen molar-refractivity contribution in [1.82, 2.24) is 14.6 Å². The van der Waals surface area contributed by atoms with Crippen LogP contribution in [0.25, 0.3) is 0 Å². The fraction of sp³-hybridized carbons (Fsp3) is 0.500. The molecular formula is C24H33N3O5S. The zero-order valence-corrected chi connectivity index (χ0v) is 20.7. The van der Waals surface area contributed by atoms with E-state index in [0.29, 0.717) is 35.6 Å². The lowest BCUT2D eigenvalue weighted by molar-refractivity contribution is 0.0599. The Kier molecular flexibility index (Phi) is 7.76. The highest BCUT2D eigenvalue weighted by Gasteiger charge is 2.31. The number of H-pyrrole nitrogens is 1. The maximum Gasteiger partial charge on any atom is 0.339 e. The van der Waals surface area contributed by atoms with Crippen molar-refractivity contribution in [2.45, 2.75) is 51.5 Å². The topological polar surface area (TPSA) is 109 Å². The second-order valence-corrected chi connectivity index (χ2v) is 10.6. The van der Waals surface area contributed by atoms with E-state index in [2.05, 4.69) is 14.6 Å². The number of ketones is 1. The molecule has 0 spiro atoms. The van der Waals surface area contributed by atoms with E-state index in [1.165, 1.54) is 7.11 Å². The monoisotopic (exact) mass is 475 g/mol. The second kappa shape index (κ2) is 10.2. The second-order valence-electron chi connectivity index (χ2n) is 8.82. The van der Waals surface area contributed by atoms with Crippen molar-refractivity contribution in [3.8, 4) is 0 Å². The average Bonchev–Trinajstić information content (AvgIpc) is 3.10. The summed E-state index contributed by atoms with van der Waals surface area (Å²) < 4.78 is 32.8. The Labute approximate surface area is 195 Å². The summed E-state index contributed by atoms with van der Waals surface area (Å²) in [5, 5.41) is 0. The van der Waals surface area contributed by atoms with Gasteiger partial charge in [-0.15, -0.1) is 0 Å². The summed E-state index contributed by atoms with van der Waals surface area (Å²) in [7, 11) is -2.26. The zero-order chi connectivity index (χ0) is 24.3. The van der Waals surface area contributed by atoms with Gasteiger partial charge >= 0.3 is 5.97 Å². The van der Waals surface area contributed by atoms with Crippen molar-refractivity contribution < 1.29 is 22.7 Å². The summed E-state index contributed by atoms with van der Waals surface area (Å²) >= 11 is 0. The number of piperidine rings is 1. The van der Waals surface area contributed by atoms with Crippen molar-refractivity contribution in [3.63, 3.8) is 0 Å². The van der Waals surface area contributed by atoms with Crippen molar-refractivity contribution in [3.05, 3.63) is 52.3 Å². The van der Waals surface area contributed by atoms with E-state index in [4.69, 9.17) is 4.74 Å². The molecule has 2 N–H and O–H groups in total. The van der Waals surface area contributed by atoms with E-state index in [1.807, 2.05) is 13.8 Å². The predicted molar refractivity (Wildman–Crippen MR) is 126 cm³/mol. The Morgan fingerprint density at radius 3 is 2.52 bits per heavy atom. The molecule has 0 bridgehead atoms. The van der Waals surface area contributed by atoms with Crippen molar-refractivity contribution in [1.29, 1.82) is 0 Å². The average molecular weight is 476 g/mol. The minimum absolute atomic E-state index is 0.0911. The van der Waals surface area contributed by atoms with E-state index in [0.717, 1.165) is 24.9 Å². The lowest BCUT2D eigenvalue weighted by atomic mass is 9.95. The molecule has 180 valence electrons. The number of benzene rings is 1. The molecule has 9 heteroatoms. The van der Waals surface area contributed by atoms with Crippen LogP contribution in [0.5, 0.6) is 0 Å². The number of Topliss-reactive ketones (excluding diaryl/α,β-unsaturated/α-hetero) is 1. The number of carbonyl (C=O) groups is 2. The molecule has 0 radical (unpaired) electrons. The van der Waals surface area contributed by atoms with Crippen molar-refractivity contribution in [2.75, 3.05) is 26.7 Å². The normalized spacial score (nSPS) is 18.2. The van der Waals surface area contributed by atoms with Crippen LogP contribution in [0.4, 0.5) is 0 Å². The Morgan fingerprint density at radius 1 is 1.21 bits per heavy atom. The highest BCUT2D eigenvalue weighted by Crippen LogP contribution is 2.24. The summed E-state index contributed by atoms with van der Waals surface area (Å²) in [4.78, 5) is 30.7. The fourth-order valence-corrected chi connectivity index (χ4v) is 5.54. The first-order valence-corrected chi connectivity index (χ1v) is 12.7. The number of methoxy groups -OCH3 is 1. The number of ether oxygens (including phenoxy) is 1. The number of aromatic nitrogens is 1. The Morgan fingerprint density at radius 2 is 1.88 bits per heavy atom. The van der Waals surface area contributed by atoms with Gasteiger partial charge in [-0.2, -0.15) is 0 Å². The van der Waals surface area contributed by atoms with Crippen LogP contribution in [-0.2, 0) is 14.8 Å². The van der Waals surface area contributed by atoms with Gasteiger partial charge in [0, 0.05) is 18.8 Å². The molecule has 33 heavy (non-hydrogen) atoms. The first-order valence-electron chi connectivity index (χ1n) is 11.2. The molecule has 1 aliphatic rings. The molecule has 1 aromatic carbocycles. The molecule has 1 fully saturated rings. The maximum atomic E-state index is 13.2. The van der Waals surface area contributed by atoms with E-state index in [-0.39, 0.29) is 16.6 Å². The van der Waals surface area contributed by atoms with Crippen LogP contribution in [0.2, 0.25) is 0 Å². The number of carbonyl (C=O) groups excluding carboxylic acids is 2. The fourth-order valence-electron chi connectivity index (χ4n) is 4.42. The number of nitrogens with one attached hydrogen (secondary N) is 2. The third kappa shape index (κ3) is 5.54. The van der Waals surface area contributed by atoms with Crippen molar-refractivity contribution in [2.24, 2.45) is 5.92 Å². The van der Waals surface area contributed by atoms with Crippen LogP contribution < -0.4 is 4.72 Å².